The lowest BCUT2D eigenvalue weighted by molar-refractivity contribution is 1.08. The van der Waals surface area contributed by atoms with Gasteiger partial charge >= 0.3 is 0 Å². The van der Waals surface area contributed by atoms with Gasteiger partial charge in [-0.3, -0.25) is 0 Å². The van der Waals surface area contributed by atoms with E-state index in [1.54, 1.807) is 11.3 Å². The zero-order chi connectivity index (χ0) is 37.7. The predicted molar refractivity (Wildman–Crippen MR) is 240 cm³/mol. The van der Waals surface area contributed by atoms with Crippen LogP contribution in [0.25, 0.3) is 109 Å². The summed E-state index contributed by atoms with van der Waals surface area (Å²) in [4.78, 5) is 15.8. The predicted octanol–water partition coefficient (Wildman–Crippen LogP) is 14.5. The molecule has 11 rings (SSSR count). The van der Waals surface area contributed by atoms with Gasteiger partial charge in [0.05, 0.1) is 0 Å². The van der Waals surface area contributed by atoms with Crippen LogP contribution >= 0.6 is 11.3 Å². The molecule has 0 bridgehead atoms. The Balaban J connectivity index is 1.09. The number of nitrogens with zero attached hydrogens (tertiary/aromatic N) is 3. The standard InChI is InChI=1S/C53H33N3S/c1-3-14-34(15-4-1)40-24-12-19-36-33-39(28-29-42(36)40)52-54-51(55-53(56-52)48-26-13-25-47-46-23-9-10-27-49(46)57-50(47)48)38-20-11-18-37(32-38)43-31-30-41(35-16-5-2-6-17-35)44-21-7-8-22-45(43)44/h1-33H. The minimum atomic E-state index is 0.637. The Labute approximate surface area is 334 Å². The van der Waals surface area contributed by atoms with Gasteiger partial charge in [0.25, 0.3) is 0 Å². The van der Waals surface area contributed by atoms with Crippen LogP contribution in [0.3, 0.4) is 0 Å². The summed E-state index contributed by atoms with van der Waals surface area (Å²) < 4.78 is 2.42. The molecule has 4 heteroatoms. The molecule has 0 aliphatic heterocycles. The summed E-state index contributed by atoms with van der Waals surface area (Å²) in [7, 11) is 0. The highest BCUT2D eigenvalue weighted by atomic mass is 32.1. The fraction of sp³-hybridized carbons (Fsp3) is 0. The van der Waals surface area contributed by atoms with Gasteiger partial charge in [-0.2, -0.15) is 0 Å². The van der Waals surface area contributed by atoms with Crippen molar-refractivity contribution in [1.82, 2.24) is 15.0 Å². The lowest BCUT2D eigenvalue weighted by atomic mass is 9.91. The molecule has 2 aromatic heterocycles. The normalized spacial score (nSPS) is 11.5. The minimum Gasteiger partial charge on any atom is -0.208 e. The molecule has 0 fully saturated rings. The number of thiophene rings is 1. The van der Waals surface area contributed by atoms with Crippen molar-refractivity contribution in [2.24, 2.45) is 0 Å². The van der Waals surface area contributed by atoms with Gasteiger partial charge in [-0.05, 0) is 79.2 Å². The summed E-state index contributed by atoms with van der Waals surface area (Å²) in [5.41, 5.74) is 9.98. The van der Waals surface area contributed by atoms with Crippen molar-refractivity contribution >= 4 is 53.1 Å². The first kappa shape index (κ1) is 33.1. The SMILES string of the molecule is c1ccc(-c2cccc3cc(-c4nc(-c5cccc(-c6ccc(-c7ccccc7)c7ccccc67)c5)nc(-c5cccc6c5sc5ccccc56)n4)ccc23)cc1. The maximum Gasteiger partial charge on any atom is 0.165 e. The van der Waals surface area contributed by atoms with Crippen molar-refractivity contribution in [3.8, 4) is 67.5 Å². The van der Waals surface area contributed by atoms with Crippen LogP contribution in [0.5, 0.6) is 0 Å². The number of fused-ring (bicyclic) bond motifs is 5. The fourth-order valence-electron chi connectivity index (χ4n) is 8.22. The smallest absolute Gasteiger partial charge is 0.165 e. The monoisotopic (exact) mass is 743 g/mol. The minimum absolute atomic E-state index is 0.637. The van der Waals surface area contributed by atoms with Gasteiger partial charge in [0.1, 0.15) is 0 Å². The van der Waals surface area contributed by atoms with Crippen LogP contribution in [0, 0.1) is 0 Å². The summed E-state index contributed by atoms with van der Waals surface area (Å²) in [6.45, 7) is 0. The van der Waals surface area contributed by atoms with E-state index in [1.165, 1.54) is 64.1 Å². The second kappa shape index (κ2) is 13.8. The summed E-state index contributed by atoms with van der Waals surface area (Å²) in [5.74, 6) is 1.94. The second-order valence-corrected chi connectivity index (χ2v) is 15.4. The Kier molecular flexibility index (Phi) is 8.01. The van der Waals surface area contributed by atoms with Crippen molar-refractivity contribution in [2.45, 2.75) is 0 Å². The van der Waals surface area contributed by atoms with E-state index in [9.17, 15) is 0 Å². The number of hydrogen-bond acceptors (Lipinski definition) is 4. The molecule has 0 radical (unpaired) electrons. The Morgan fingerprint density at radius 1 is 0.281 bits per heavy atom. The van der Waals surface area contributed by atoms with Gasteiger partial charge in [-0.1, -0.05) is 176 Å². The molecule has 3 nitrogen and oxygen atoms in total. The van der Waals surface area contributed by atoms with Gasteiger partial charge < -0.3 is 0 Å². The zero-order valence-corrected chi connectivity index (χ0v) is 31.6. The van der Waals surface area contributed by atoms with Crippen molar-refractivity contribution < 1.29 is 0 Å². The van der Waals surface area contributed by atoms with E-state index in [4.69, 9.17) is 15.0 Å². The summed E-state index contributed by atoms with van der Waals surface area (Å²) in [6.07, 6.45) is 0. The lowest BCUT2D eigenvalue weighted by Gasteiger charge is -2.14. The molecule has 0 amide bonds. The third-order valence-corrected chi connectivity index (χ3v) is 12.2. The van der Waals surface area contributed by atoms with Crippen LogP contribution in [0.15, 0.2) is 200 Å². The van der Waals surface area contributed by atoms with Crippen LogP contribution in [-0.4, -0.2) is 15.0 Å². The molecular formula is C53H33N3S. The van der Waals surface area contributed by atoms with Crippen LogP contribution in [-0.2, 0) is 0 Å². The first-order valence-electron chi connectivity index (χ1n) is 19.2. The van der Waals surface area contributed by atoms with E-state index in [0.717, 1.165) is 27.6 Å². The first-order valence-corrected chi connectivity index (χ1v) is 20.0. The van der Waals surface area contributed by atoms with Crippen molar-refractivity contribution in [1.29, 1.82) is 0 Å². The molecule has 0 atom stereocenters. The fourth-order valence-corrected chi connectivity index (χ4v) is 9.43. The van der Waals surface area contributed by atoms with E-state index in [0.29, 0.717) is 17.5 Å². The third kappa shape index (κ3) is 5.86. The maximum absolute atomic E-state index is 5.27. The quantitative estimate of drug-likeness (QED) is 0.170. The first-order chi connectivity index (χ1) is 28.2. The second-order valence-electron chi connectivity index (χ2n) is 14.3. The molecule has 2 heterocycles. The number of benzene rings is 9. The molecular weight excluding hydrogens is 711 g/mol. The van der Waals surface area contributed by atoms with Crippen molar-refractivity contribution in [2.75, 3.05) is 0 Å². The van der Waals surface area contributed by atoms with Crippen LogP contribution in [0.2, 0.25) is 0 Å². The Morgan fingerprint density at radius 2 is 0.789 bits per heavy atom. The van der Waals surface area contributed by atoms with Crippen molar-refractivity contribution in [3.05, 3.63) is 200 Å². The highest BCUT2D eigenvalue weighted by molar-refractivity contribution is 7.26. The Bertz CT molecular complexity index is 3300. The van der Waals surface area contributed by atoms with Gasteiger partial charge in [-0.15, -0.1) is 11.3 Å². The molecule has 0 N–H and O–H groups in total. The average Bonchev–Trinajstić information content (AvgIpc) is 3.68. The molecule has 0 aliphatic rings. The molecule has 0 unspecified atom stereocenters. The molecule has 0 saturated heterocycles. The largest absolute Gasteiger partial charge is 0.208 e. The third-order valence-electron chi connectivity index (χ3n) is 10.9. The Morgan fingerprint density at radius 3 is 1.53 bits per heavy atom. The van der Waals surface area contributed by atoms with Crippen molar-refractivity contribution in [3.63, 3.8) is 0 Å². The highest BCUT2D eigenvalue weighted by Crippen LogP contribution is 2.41. The van der Waals surface area contributed by atoms with E-state index in [-0.39, 0.29) is 0 Å². The molecule has 11 aromatic rings. The number of aromatic nitrogens is 3. The Hall–Kier alpha value is -7.27. The van der Waals surface area contributed by atoms with Gasteiger partial charge in [0.2, 0.25) is 0 Å². The molecule has 0 spiro atoms. The maximum atomic E-state index is 5.27. The molecule has 9 aromatic carbocycles. The number of hydrogen-bond donors (Lipinski definition) is 0. The molecule has 0 saturated carbocycles. The van der Waals surface area contributed by atoms with Gasteiger partial charge in [0.15, 0.2) is 17.5 Å². The topological polar surface area (TPSA) is 38.7 Å². The molecule has 57 heavy (non-hydrogen) atoms. The zero-order valence-electron chi connectivity index (χ0n) is 30.8. The summed E-state index contributed by atoms with van der Waals surface area (Å²) in [6, 6.07) is 71.1. The van der Waals surface area contributed by atoms with Crippen LogP contribution in [0.1, 0.15) is 0 Å². The van der Waals surface area contributed by atoms with E-state index < -0.39 is 0 Å². The van der Waals surface area contributed by atoms with E-state index >= 15 is 0 Å². The number of rotatable bonds is 6. The lowest BCUT2D eigenvalue weighted by Crippen LogP contribution is -2.00. The summed E-state index contributed by atoms with van der Waals surface area (Å²) in [5, 5.41) is 7.21. The van der Waals surface area contributed by atoms with E-state index in [2.05, 4.69) is 200 Å². The average molecular weight is 744 g/mol. The summed E-state index contributed by atoms with van der Waals surface area (Å²) >= 11 is 1.79. The van der Waals surface area contributed by atoms with Gasteiger partial charge in [-0.25, -0.2) is 15.0 Å². The highest BCUT2D eigenvalue weighted by Gasteiger charge is 2.18. The van der Waals surface area contributed by atoms with E-state index in [1.807, 2.05) is 0 Å². The van der Waals surface area contributed by atoms with Crippen LogP contribution < -0.4 is 0 Å². The molecule has 266 valence electrons. The van der Waals surface area contributed by atoms with Gasteiger partial charge in [0, 0.05) is 36.9 Å². The molecule has 0 aliphatic carbocycles. The van der Waals surface area contributed by atoms with Crippen LogP contribution in [0.4, 0.5) is 0 Å².